The van der Waals surface area contributed by atoms with Gasteiger partial charge in [-0.3, -0.25) is 4.79 Å². The fourth-order valence-electron chi connectivity index (χ4n) is 3.44. The van der Waals surface area contributed by atoms with Crippen LogP contribution in [0.5, 0.6) is 5.88 Å². The smallest absolute Gasteiger partial charge is 0.330 e. The SMILES string of the molecule is CCOC1CC(NC(=O)c2cnc(OCC3CC3)c(Cl)c2)(C(=O)O)C1(C)C. The lowest BCUT2D eigenvalue weighted by Gasteiger charge is -2.58. The van der Waals surface area contributed by atoms with Crippen LogP contribution >= 0.6 is 11.6 Å². The van der Waals surface area contributed by atoms with Gasteiger partial charge in [0.25, 0.3) is 5.91 Å². The summed E-state index contributed by atoms with van der Waals surface area (Å²) in [6.07, 6.45) is 3.62. The van der Waals surface area contributed by atoms with Crippen molar-refractivity contribution >= 4 is 23.5 Å². The van der Waals surface area contributed by atoms with E-state index in [1.165, 1.54) is 12.3 Å². The number of halogens is 1. The summed E-state index contributed by atoms with van der Waals surface area (Å²) >= 11 is 6.18. The first kappa shape index (κ1) is 19.9. The van der Waals surface area contributed by atoms with Crippen LogP contribution in [-0.2, 0) is 9.53 Å². The number of hydrogen-bond donors (Lipinski definition) is 2. The van der Waals surface area contributed by atoms with Gasteiger partial charge in [0.2, 0.25) is 5.88 Å². The minimum Gasteiger partial charge on any atom is -0.479 e. The molecule has 0 aliphatic heterocycles. The molecule has 1 aromatic heterocycles. The number of carbonyl (C=O) groups excluding carboxylic acids is 1. The summed E-state index contributed by atoms with van der Waals surface area (Å²) in [5.41, 5.74) is -1.97. The van der Waals surface area contributed by atoms with Gasteiger partial charge in [0.1, 0.15) is 10.6 Å². The van der Waals surface area contributed by atoms with Crippen molar-refractivity contribution in [2.24, 2.45) is 11.3 Å². The number of carboxylic acids is 1. The summed E-state index contributed by atoms with van der Waals surface area (Å²) in [5, 5.41) is 12.7. The van der Waals surface area contributed by atoms with Crippen LogP contribution in [0.15, 0.2) is 12.3 Å². The molecule has 2 fully saturated rings. The van der Waals surface area contributed by atoms with Crippen LogP contribution in [0.3, 0.4) is 0 Å². The monoisotopic (exact) mass is 396 g/mol. The standard InChI is InChI=1S/C19H25ClN2O5/c1-4-26-14-8-19(17(24)25,18(14,2)3)22-15(23)12-7-13(20)16(21-9-12)27-10-11-5-6-11/h7,9,11,14H,4-6,8,10H2,1-3H3,(H,22,23)(H,24,25). The molecule has 148 valence electrons. The molecule has 2 aliphatic rings. The number of rotatable bonds is 8. The number of carboxylic acid groups (broad SMARTS) is 1. The molecule has 2 unspecified atom stereocenters. The Morgan fingerprint density at radius 2 is 2.11 bits per heavy atom. The molecule has 8 heteroatoms. The van der Waals surface area contributed by atoms with Crippen molar-refractivity contribution in [3.63, 3.8) is 0 Å². The van der Waals surface area contributed by atoms with E-state index in [9.17, 15) is 14.7 Å². The fourth-order valence-corrected chi connectivity index (χ4v) is 3.66. The van der Waals surface area contributed by atoms with Crippen LogP contribution in [0, 0.1) is 11.3 Å². The molecule has 0 aromatic carbocycles. The van der Waals surface area contributed by atoms with E-state index < -0.39 is 22.8 Å². The predicted octanol–water partition coefficient (Wildman–Crippen LogP) is 2.91. The normalized spacial score (nSPS) is 26.1. The minimum absolute atomic E-state index is 0.190. The highest BCUT2D eigenvalue weighted by atomic mass is 35.5. The molecule has 0 spiro atoms. The molecule has 7 nitrogen and oxygen atoms in total. The molecule has 2 aliphatic carbocycles. The highest BCUT2D eigenvalue weighted by Gasteiger charge is 2.66. The van der Waals surface area contributed by atoms with E-state index in [4.69, 9.17) is 21.1 Å². The number of carbonyl (C=O) groups is 2. The van der Waals surface area contributed by atoms with E-state index in [0.29, 0.717) is 19.1 Å². The summed E-state index contributed by atoms with van der Waals surface area (Å²) in [4.78, 5) is 28.8. The molecular weight excluding hydrogens is 372 g/mol. The van der Waals surface area contributed by atoms with Crippen molar-refractivity contribution in [2.45, 2.75) is 51.7 Å². The Morgan fingerprint density at radius 1 is 1.41 bits per heavy atom. The molecule has 0 radical (unpaired) electrons. The summed E-state index contributed by atoms with van der Waals surface area (Å²) in [6, 6.07) is 1.45. The third-order valence-corrected chi connectivity index (χ3v) is 5.95. The zero-order valence-electron chi connectivity index (χ0n) is 15.8. The van der Waals surface area contributed by atoms with Gasteiger partial charge in [-0.2, -0.15) is 0 Å². The largest absolute Gasteiger partial charge is 0.479 e. The van der Waals surface area contributed by atoms with Gasteiger partial charge in [0, 0.05) is 24.6 Å². The topological polar surface area (TPSA) is 97.8 Å². The number of amides is 1. The van der Waals surface area contributed by atoms with Crippen molar-refractivity contribution < 1.29 is 24.2 Å². The van der Waals surface area contributed by atoms with Gasteiger partial charge in [-0.05, 0) is 31.7 Å². The Kier molecular flexibility index (Phi) is 5.36. The van der Waals surface area contributed by atoms with Crippen LogP contribution < -0.4 is 10.1 Å². The molecule has 2 N–H and O–H groups in total. The van der Waals surface area contributed by atoms with Gasteiger partial charge in [-0.15, -0.1) is 0 Å². The Morgan fingerprint density at radius 3 is 2.63 bits per heavy atom. The minimum atomic E-state index is -1.41. The summed E-state index contributed by atoms with van der Waals surface area (Å²) in [6.45, 7) is 6.47. The number of aliphatic carboxylic acids is 1. The van der Waals surface area contributed by atoms with E-state index in [-0.39, 0.29) is 29.0 Å². The van der Waals surface area contributed by atoms with Crippen molar-refractivity contribution in [1.29, 1.82) is 0 Å². The van der Waals surface area contributed by atoms with Gasteiger partial charge in [0.05, 0.1) is 18.3 Å². The molecule has 3 rings (SSSR count). The summed E-state index contributed by atoms with van der Waals surface area (Å²) in [5.74, 6) is -0.780. The molecule has 27 heavy (non-hydrogen) atoms. The Hall–Kier alpha value is -1.86. The molecule has 1 amide bonds. The van der Waals surface area contributed by atoms with Crippen LogP contribution in [-0.4, -0.2) is 46.8 Å². The Labute approximate surface area is 163 Å². The lowest BCUT2D eigenvalue weighted by Crippen LogP contribution is -2.76. The van der Waals surface area contributed by atoms with Gasteiger partial charge < -0.3 is 19.9 Å². The van der Waals surface area contributed by atoms with Gasteiger partial charge >= 0.3 is 5.97 Å². The van der Waals surface area contributed by atoms with Crippen LogP contribution in [0.4, 0.5) is 0 Å². The van der Waals surface area contributed by atoms with E-state index in [0.717, 1.165) is 12.8 Å². The maximum absolute atomic E-state index is 12.7. The number of nitrogens with zero attached hydrogens (tertiary/aromatic N) is 1. The second kappa shape index (κ2) is 7.28. The predicted molar refractivity (Wildman–Crippen MR) is 99.1 cm³/mol. The average Bonchev–Trinajstić information content (AvgIpc) is 3.43. The number of nitrogens with one attached hydrogen (secondary N) is 1. The number of aromatic nitrogens is 1. The number of ether oxygens (including phenoxy) is 2. The van der Waals surface area contributed by atoms with Gasteiger partial charge in [0.15, 0.2) is 0 Å². The van der Waals surface area contributed by atoms with Gasteiger partial charge in [-0.1, -0.05) is 25.4 Å². The van der Waals surface area contributed by atoms with Crippen LogP contribution in [0.1, 0.15) is 50.4 Å². The first-order chi connectivity index (χ1) is 12.7. The van der Waals surface area contributed by atoms with Crippen LogP contribution in [0.2, 0.25) is 5.02 Å². The number of pyridine rings is 1. The molecule has 1 aromatic rings. The average molecular weight is 397 g/mol. The summed E-state index contributed by atoms with van der Waals surface area (Å²) < 4.78 is 11.2. The van der Waals surface area contributed by atoms with E-state index >= 15 is 0 Å². The molecule has 0 bridgehead atoms. The first-order valence-corrected chi connectivity index (χ1v) is 9.55. The maximum Gasteiger partial charge on any atom is 0.330 e. The second-order valence-corrected chi connectivity index (χ2v) is 8.21. The van der Waals surface area contributed by atoms with Gasteiger partial charge in [-0.25, -0.2) is 9.78 Å². The lowest BCUT2D eigenvalue weighted by molar-refractivity contribution is -0.190. The van der Waals surface area contributed by atoms with Crippen LogP contribution in [0.25, 0.3) is 0 Å². The molecular formula is C19H25ClN2O5. The van der Waals surface area contributed by atoms with E-state index in [1.807, 2.05) is 6.92 Å². The van der Waals surface area contributed by atoms with E-state index in [1.54, 1.807) is 13.8 Å². The maximum atomic E-state index is 12.7. The zero-order chi connectivity index (χ0) is 19.8. The zero-order valence-corrected chi connectivity index (χ0v) is 16.5. The highest BCUT2D eigenvalue weighted by molar-refractivity contribution is 6.32. The third-order valence-electron chi connectivity index (χ3n) is 5.68. The third kappa shape index (κ3) is 3.62. The molecule has 2 atom stereocenters. The lowest BCUT2D eigenvalue weighted by atomic mass is 9.54. The Balaban J connectivity index is 1.73. The van der Waals surface area contributed by atoms with Crippen molar-refractivity contribution in [3.8, 4) is 5.88 Å². The van der Waals surface area contributed by atoms with Crippen molar-refractivity contribution in [1.82, 2.24) is 10.3 Å². The highest BCUT2D eigenvalue weighted by Crippen LogP contribution is 2.51. The van der Waals surface area contributed by atoms with E-state index in [2.05, 4.69) is 10.3 Å². The molecule has 1 heterocycles. The summed E-state index contributed by atoms with van der Waals surface area (Å²) in [7, 11) is 0. The molecule has 2 saturated carbocycles. The fraction of sp³-hybridized carbons (Fsp3) is 0.632. The molecule has 0 saturated heterocycles. The quantitative estimate of drug-likeness (QED) is 0.701. The second-order valence-electron chi connectivity index (χ2n) is 7.80. The van der Waals surface area contributed by atoms with Crippen molar-refractivity contribution in [2.75, 3.05) is 13.2 Å². The van der Waals surface area contributed by atoms with Crippen molar-refractivity contribution in [3.05, 3.63) is 22.8 Å². The Bertz CT molecular complexity index is 750. The first-order valence-electron chi connectivity index (χ1n) is 9.17. The number of hydrogen-bond acceptors (Lipinski definition) is 5.